The molecule has 0 aliphatic heterocycles. The van der Waals surface area contributed by atoms with Gasteiger partial charge in [-0.05, 0) is 26.7 Å². The summed E-state index contributed by atoms with van der Waals surface area (Å²) in [5.41, 5.74) is 0.206. The monoisotopic (exact) mass is 317 g/mol. The van der Waals surface area contributed by atoms with E-state index in [1.165, 1.54) is 13.8 Å². The van der Waals surface area contributed by atoms with Gasteiger partial charge in [-0.25, -0.2) is 13.1 Å². The van der Waals surface area contributed by atoms with Crippen LogP contribution >= 0.6 is 0 Å². The van der Waals surface area contributed by atoms with Crippen LogP contribution in [-0.4, -0.2) is 47.5 Å². The SMILES string of the molecule is Cc1nn(CC(=O)O)c(C)c1S(=O)(=O)NCC1(CO)CC1. The fourth-order valence-corrected chi connectivity index (χ4v) is 3.80. The van der Waals surface area contributed by atoms with Gasteiger partial charge in [-0.2, -0.15) is 5.10 Å². The van der Waals surface area contributed by atoms with Gasteiger partial charge in [-0.3, -0.25) is 9.48 Å². The molecule has 3 N–H and O–H groups in total. The van der Waals surface area contributed by atoms with Crippen LogP contribution in [0.25, 0.3) is 0 Å². The summed E-state index contributed by atoms with van der Waals surface area (Å²) in [6, 6.07) is 0. The van der Waals surface area contributed by atoms with Gasteiger partial charge >= 0.3 is 5.97 Å². The summed E-state index contributed by atoms with van der Waals surface area (Å²) in [5.74, 6) is -1.09. The first kappa shape index (κ1) is 15.9. The smallest absolute Gasteiger partial charge is 0.325 e. The normalized spacial score (nSPS) is 16.9. The number of aliphatic carboxylic acids is 1. The van der Waals surface area contributed by atoms with Gasteiger partial charge in [-0.1, -0.05) is 0 Å². The Balaban J connectivity index is 2.23. The third kappa shape index (κ3) is 3.25. The third-order valence-electron chi connectivity index (χ3n) is 3.80. The molecule has 9 heteroatoms. The second-order valence-corrected chi connectivity index (χ2v) is 7.24. The van der Waals surface area contributed by atoms with E-state index in [-0.39, 0.29) is 41.4 Å². The van der Waals surface area contributed by atoms with E-state index in [9.17, 15) is 18.3 Å². The quantitative estimate of drug-likeness (QED) is 0.631. The molecule has 1 aromatic heterocycles. The van der Waals surface area contributed by atoms with Gasteiger partial charge in [0.05, 0.1) is 11.4 Å². The predicted octanol–water partition coefficient (Wildman–Crippen LogP) is -0.365. The van der Waals surface area contributed by atoms with Gasteiger partial charge < -0.3 is 10.2 Å². The molecular formula is C12H19N3O5S. The van der Waals surface area contributed by atoms with Gasteiger partial charge in [0.25, 0.3) is 0 Å². The van der Waals surface area contributed by atoms with Crippen molar-refractivity contribution in [2.24, 2.45) is 5.41 Å². The van der Waals surface area contributed by atoms with Gasteiger partial charge in [-0.15, -0.1) is 0 Å². The lowest BCUT2D eigenvalue weighted by Gasteiger charge is -2.13. The summed E-state index contributed by atoms with van der Waals surface area (Å²) < 4.78 is 28.4. The largest absolute Gasteiger partial charge is 0.480 e. The number of rotatable bonds is 7. The highest BCUT2D eigenvalue weighted by atomic mass is 32.2. The lowest BCUT2D eigenvalue weighted by molar-refractivity contribution is -0.137. The van der Waals surface area contributed by atoms with Crippen molar-refractivity contribution in [2.45, 2.75) is 38.1 Å². The van der Waals surface area contributed by atoms with E-state index in [0.717, 1.165) is 17.5 Å². The Kier molecular flexibility index (Phi) is 4.09. The second kappa shape index (κ2) is 5.39. The van der Waals surface area contributed by atoms with Crippen LogP contribution in [0.1, 0.15) is 24.2 Å². The molecule has 118 valence electrons. The number of hydrogen-bond acceptors (Lipinski definition) is 5. The maximum Gasteiger partial charge on any atom is 0.325 e. The zero-order valence-corrected chi connectivity index (χ0v) is 12.8. The number of aliphatic hydroxyl groups is 1. The summed E-state index contributed by atoms with van der Waals surface area (Å²) >= 11 is 0. The Bertz CT molecular complexity index is 661. The van der Waals surface area contributed by atoms with E-state index in [0.29, 0.717) is 0 Å². The summed E-state index contributed by atoms with van der Waals surface area (Å²) in [7, 11) is -3.78. The average Bonchev–Trinajstić information content (AvgIpc) is 3.10. The highest BCUT2D eigenvalue weighted by molar-refractivity contribution is 7.89. The second-order valence-electron chi connectivity index (χ2n) is 5.53. The molecular weight excluding hydrogens is 298 g/mol. The highest BCUT2D eigenvalue weighted by Gasteiger charge is 2.43. The van der Waals surface area contributed by atoms with Crippen molar-refractivity contribution in [3.63, 3.8) is 0 Å². The minimum atomic E-state index is -3.78. The number of carboxylic acid groups (broad SMARTS) is 1. The predicted molar refractivity (Wildman–Crippen MR) is 73.3 cm³/mol. The molecule has 2 rings (SSSR count). The molecule has 0 atom stereocenters. The van der Waals surface area contributed by atoms with Crippen molar-refractivity contribution in [2.75, 3.05) is 13.2 Å². The lowest BCUT2D eigenvalue weighted by Crippen LogP contribution is -2.32. The van der Waals surface area contributed by atoms with E-state index in [2.05, 4.69) is 9.82 Å². The van der Waals surface area contributed by atoms with Crippen LogP contribution in [0.15, 0.2) is 4.90 Å². The topological polar surface area (TPSA) is 122 Å². The number of nitrogens with one attached hydrogen (secondary N) is 1. The number of carbonyl (C=O) groups is 1. The average molecular weight is 317 g/mol. The number of aryl methyl sites for hydroxylation is 1. The standard InChI is InChI=1S/C12H19N3O5S/c1-8-11(9(2)15(14-8)5-10(17)18)21(19,20)13-6-12(7-16)3-4-12/h13,16H,3-7H2,1-2H3,(H,17,18). The van der Waals surface area contributed by atoms with Gasteiger partial charge in [0, 0.05) is 18.6 Å². The number of sulfonamides is 1. The molecule has 1 heterocycles. The Morgan fingerprint density at radius 2 is 2.05 bits per heavy atom. The first-order chi connectivity index (χ1) is 9.71. The Morgan fingerprint density at radius 1 is 1.43 bits per heavy atom. The molecule has 1 aliphatic carbocycles. The van der Waals surface area contributed by atoms with Crippen LogP contribution < -0.4 is 4.72 Å². The number of carboxylic acids is 1. The Labute approximate surface area is 122 Å². The zero-order chi connectivity index (χ0) is 15.8. The number of hydrogen-bond donors (Lipinski definition) is 3. The van der Waals surface area contributed by atoms with Crippen molar-refractivity contribution in [1.29, 1.82) is 0 Å². The molecule has 0 spiro atoms. The molecule has 8 nitrogen and oxygen atoms in total. The first-order valence-electron chi connectivity index (χ1n) is 6.57. The van der Waals surface area contributed by atoms with Crippen molar-refractivity contribution in [1.82, 2.24) is 14.5 Å². The fraction of sp³-hybridized carbons (Fsp3) is 0.667. The van der Waals surface area contributed by atoms with Crippen LogP contribution in [0, 0.1) is 19.3 Å². The minimum Gasteiger partial charge on any atom is -0.480 e. The molecule has 21 heavy (non-hydrogen) atoms. The fourth-order valence-electron chi connectivity index (χ4n) is 2.24. The lowest BCUT2D eigenvalue weighted by atomic mass is 10.1. The summed E-state index contributed by atoms with van der Waals surface area (Å²) in [6.45, 7) is 2.79. The third-order valence-corrected chi connectivity index (χ3v) is 5.45. The molecule has 1 aromatic rings. The number of aromatic nitrogens is 2. The van der Waals surface area contributed by atoms with Crippen LogP contribution in [0.5, 0.6) is 0 Å². The summed E-state index contributed by atoms with van der Waals surface area (Å²) in [5, 5.41) is 22.0. The van der Waals surface area contributed by atoms with Crippen molar-refractivity contribution in [3.05, 3.63) is 11.4 Å². The van der Waals surface area contributed by atoms with E-state index in [1.807, 2.05) is 0 Å². The molecule has 1 saturated carbocycles. The molecule has 0 unspecified atom stereocenters. The Morgan fingerprint density at radius 3 is 2.52 bits per heavy atom. The van der Waals surface area contributed by atoms with Crippen molar-refractivity contribution >= 4 is 16.0 Å². The van der Waals surface area contributed by atoms with Crippen LogP contribution in [0.4, 0.5) is 0 Å². The maximum absolute atomic E-state index is 12.4. The van der Waals surface area contributed by atoms with E-state index < -0.39 is 16.0 Å². The van der Waals surface area contributed by atoms with Gasteiger partial charge in [0.2, 0.25) is 10.0 Å². The maximum atomic E-state index is 12.4. The van der Waals surface area contributed by atoms with E-state index in [1.54, 1.807) is 0 Å². The molecule has 0 saturated heterocycles. The molecule has 1 fully saturated rings. The van der Waals surface area contributed by atoms with E-state index >= 15 is 0 Å². The number of nitrogens with zero attached hydrogens (tertiary/aromatic N) is 2. The van der Waals surface area contributed by atoms with Crippen molar-refractivity contribution < 1.29 is 23.4 Å². The summed E-state index contributed by atoms with van der Waals surface area (Å²) in [6.07, 6.45) is 1.59. The van der Waals surface area contributed by atoms with Gasteiger partial charge in [0.1, 0.15) is 11.4 Å². The highest BCUT2D eigenvalue weighted by Crippen LogP contribution is 2.44. The van der Waals surface area contributed by atoms with Crippen LogP contribution in [0.2, 0.25) is 0 Å². The minimum absolute atomic E-state index is 0.0116. The summed E-state index contributed by atoms with van der Waals surface area (Å²) in [4.78, 5) is 10.8. The molecule has 0 aromatic carbocycles. The van der Waals surface area contributed by atoms with Gasteiger partial charge in [0.15, 0.2) is 0 Å². The molecule has 0 bridgehead atoms. The van der Waals surface area contributed by atoms with E-state index in [4.69, 9.17) is 5.11 Å². The zero-order valence-electron chi connectivity index (χ0n) is 12.0. The van der Waals surface area contributed by atoms with Crippen LogP contribution in [-0.2, 0) is 21.4 Å². The molecule has 0 radical (unpaired) electrons. The number of aliphatic hydroxyl groups excluding tert-OH is 1. The Hall–Kier alpha value is -1.45. The molecule has 1 aliphatic rings. The van der Waals surface area contributed by atoms with Crippen LogP contribution in [0.3, 0.4) is 0 Å². The molecule has 0 amide bonds. The van der Waals surface area contributed by atoms with Crippen molar-refractivity contribution in [3.8, 4) is 0 Å². The first-order valence-corrected chi connectivity index (χ1v) is 8.05.